The van der Waals surface area contributed by atoms with Gasteiger partial charge in [-0.2, -0.15) is 0 Å². The van der Waals surface area contributed by atoms with Crippen molar-refractivity contribution in [3.8, 4) is 0 Å². The fraction of sp³-hybridized carbons (Fsp3) is 0.455. The average Bonchev–Trinajstić information content (AvgIpc) is 2.71. The van der Waals surface area contributed by atoms with E-state index in [1.165, 1.54) is 5.56 Å². The topological polar surface area (TPSA) is 12.5 Å². The number of epoxide rings is 1. The van der Waals surface area contributed by atoms with Crippen molar-refractivity contribution < 1.29 is 4.74 Å². The zero-order chi connectivity index (χ0) is 10.4. The van der Waals surface area contributed by atoms with Gasteiger partial charge < -0.3 is 4.74 Å². The van der Waals surface area contributed by atoms with Gasteiger partial charge in [-0.05, 0) is 31.5 Å². The van der Waals surface area contributed by atoms with Crippen molar-refractivity contribution in [2.75, 3.05) is 4.43 Å². The van der Waals surface area contributed by atoms with Crippen molar-refractivity contribution in [3.05, 3.63) is 34.9 Å². The van der Waals surface area contributed by atoms with Gasteiger partial charge >= 0.3 is 0 Å². The molecule has 1 heterocycles. The van der Waals surface area contributed by atoms with E-state index in [0.717, 1.165) is 9.45 Å². The number of halogens is 2. The molecule has 0 radical (unpaired) electrons. The Bertz CT molecular complexity index is 347. The maximum Gasteiger partial charge on any atom is 0.131 e. The van der Waals surface area contributed by atoms with Crippen molar-refractivity contribution in [1.29, 1.82) is 0 Å². The van der Waals surface area contributed by atoms with Gasteiger partial charge in [0.15, 0.2) is 0 Å². The lowest BCUT2D eigenvalue weighted by molar-refractivity contribution is 0.292. The lowest BCUT2D eigenvalue weighted by Crippen LogP contribution is -2.19. The molecule has 1 aromatic rings. The first-order valence-corrected chi connectivity index (χ1v) is 6.44. The number of hydrogen-bond donors (Lipinski definition) is 0. The first-order chi connectivity index (χ1) is 6.52. The Kier molecular flexibility index (Phi) is 2.57. The average molecular weight is 323 g/mol. The highest BCUT2D eigenvalue weighted by Crippen LogP contribution is 2.56. The molecule has 1 nitrogen and oxygen atoms in total. The highest BCUT2D eigenvalue weighted by Gasteiger charge is 2.63. The molecule has 1 saturated heterocycles. The van der Waals surface area contributed by atoms with E-state index >= 15 is 0 Å². The van der Waals surface area contributed by atoms with E-state index in [4.69, 9.17) is 16.3 Å². The first-order valence-electron chi connectivity index (χ1n) is 4.54. The Morgan fingerprint density at radius 1 is 1.29 bits per heavy atom. The van der Waals surface area contributed by atoms with Crippen LogP contribution in [0.4, 0.5) is 0 Å². The van der Waals surface area contributed by atoms with E-state index in [1.807, 2.05) is 12.1 Å². The Morgan fingerprint density at radius 2 is 1.79 bits per heavy atom. The largest absolute Gasteiger partial charge is 0.357 e. The molecule has 0 saturated carbocycles. The fourth-order valence-corrected chi connectivity index (χ4v) is 3.44. The highest BCUT2D eigenvalue weighted by atomic mass is 127. The number of alkyl halides is 1. The smallest absolute Gasteiger partial charge is 0.131 e. The summed E-state index contributed by atoms with van der Waals surface area (Å²) in [7, 11) is 0. The van der Waals surface area contributed by atoms with Crippen LogP contribution in [-0.4, -0.2) is 10.0 Å². The number of ether oxygens (including phenoxy) is 1. The van der Waals surface area contributed by atoms with Gasteiger partial charge in [0.2, 0.25) is 0 Å². The summed E-state index contributed by atoms with van der Waals surface area (Å²) in [6, 6.07) is 7.94. The standard InChI is InChI=1S/C11H12ClIO/c1-10(2)11(7-13,14-10)8-3-5-9(12)6-4-8/h3-6H,7H2,1-2H3/t11-/m0/s1. The summed E-state index contributed by atoms with van der Waals surface area (Å²) in [5, 5.41) is 0.774. The molecule has 2 rings (SSSR count). The lowest BCUT2D eigenvalue weighted by Gasteiger charge is -2.12. The van der Waals surface area contributed by atoms with Gasteiger partial charge in [0, 0.05) is 9.45 Å². The van der Waals surface area contributed by atoms with Crippen LogP contribution in [0, 0.1) is 0 Å². The lowest BCUT2D eigenvalue weighted by atomic mass is 9.90. The number of benzene rings is 1. The monoisotopic (exact) mass is 322 g/mol. The third-order valence-corrected chi connectivity index (χ3v) is 4.19. The zero-order valence-corrected chi connectivity index (χ0v) is 11.1. The predicted octanol–water partition coefficient (Wildman–Crippen LogP) is 3.78. The van der Waals surface area contributed by atoms with Crippen LogP contribution in [0.5, 0.6) is 0 Å². The molecule has 0 N–H and O–H groups in total. The predicted molar refractivity (Wildman–Crippen MR) is 67.2 cm³/mol. The normalized spacial score (nSPS) is 28.9. The van der Waals surface area contributed by atoms with Crippen LogP contribution in [-0.2, 0) is 10.3 Å². The molecule has 1 fully saturated rings. The van der Waals surface area contributed by atoms with E-state index in [2.05, 4.69) is 48.6 Å². The summed E-state index contributed by atoms with van der Waals surface area (Å²) in [5.41, 5.74) is 1.08. The Hall–Kier alpha value is 0.200. The number of hydrogen-bond acceptors (Lipinski definition) is 1. The molecule has 1 atom stereocenters. The van der Waals surface area contributed by atoms with E-state index < -0.39 is 0 Å². The minimum absolute atomic E-state index is 0.0397. The highest BCUT2D eigenvalue weighted by molar-refractivity contribution is 14.1. The summed E-state index contributed by atoms with van der Waals surface area (Å²) >= 11 is 8.23. The molecule has 76 valence electrons. The van der Waals surface area contributed by atoms with Gasteiger partial charge in [-0.25, -0.2) is 0 Å². The molecule has 14 heavy (non-hydrogen) atoms. The van der Waals surface area contributed by atoms with Crippen molar-refractivity contribution in [2.24, 2.45) is 0 Å². The van der Waals surface area contributed by atoms with Gasteiger partial charge in [0.1, 0.15) is 5.60 Å². The number of rotatable bonds is 2. The summed E-state index contributed by atoms with van der Waals surface area (Å²) in [5.74, 6) is 0. The molecule has 0 aromatic heterocycles. The molecular weight excluding hydrogens is 310 g/mol. The molecule has 0 amide bonds. The molecule has 0 aliphatic carbocycles. The second-order valence-corrected chi connectivity index (χ2v) is 5.28. The second kappa shape index (κ2) is 3.35. The Balaban J connectivity index is 2.36. The SMILES string of the molecule is CC1(C)O[C@@]1(CI)c1ccc(Cl)cc1. The summed E-state index contributed by atoms with van der Waals surface area (Å²) in [4.78, 5) is 0. The Labute approximate surface area is 103 Å². The second-order valence-electron chi connectivity index (χ2n) is 4.08. The summed E-state index contributed by atoms with van der Waals surface area (Å²) < 4.78 is 6.79. The quantitative estimate of drug-likeness (QED) is 0.459. The van der Waals surface area contributed by atoms with Crippen molar-refractivity contribution >= 4 is 34.2 Å². The van der Waals surface area contributed by atoms with Crippen LogP contribution in [0.25, 0.3) is 0 Å². The molecule has 1 aliphatic rings. The van der Waals surface area contributed by atoms with Gasteiger partial charge in [-0.1, -0.05) is 46.3 Å². The molecule has 0 bridgehead atoms. The van der Waals surface area contributed by atoms with Crippen LogP contribution in [0.1, 0.15) is 19.4 Å². The van der Waals surface area contributed by atoms with Gasteiger partial charge in [-0.3, -0.25) is 0 Å². The molecular formula is C11H12ClIO. The van der Waals surface area contributed by atoms with Crippen LogP contribution in [0.15, 0.2) is 24.3 Å². The van der Waals surface area contributed by atoms with Crippen LogP contribution < -0.4 is 0 Å². The Morgan fingerprint density at radius 3 is 2.14 bits per heavy atom. The van der Waals surface area contributed by atoms with Gasteiger partial charge in [0.05, 0.1) is 5.60 Å². The zero-order valence-electron chi connectivity index (χ0n) is 8.18. The maximum absolute atomic E-state index is 5.85. The maximum atomic E-state index is 5.85. The van der Waals surface area contributed by atoms with Crippen molar-refractivity contribution in [2.45, 2.75) is 25.0 Å². The molecule has 1 aromatic carbocycles. The van der Waals surface area contributed by atoms with Crippen molar-refractivity contribution in [3.63, 3.8) is 0 Å². The molecule has 0 spiro atoms. The van der Waals surface area contributed by atoms with E-state index in [0.29, 0.717) is 0 Å². The van der Waals surface area contributed by atoms with Crippen LogP contribution >= 0.6 is 34.2 Å². The van der Waals surface area contributed by atoms with Crippen LogP contribution in [0.2, 0.25) is 5.02 Å². The van der Waals surface area contributed by atoms with E-state index in [1.54, 1.807) is 0 Å². The van der Waals surface area contributed by atoms with E-state index in [9.17, 15) is 0 Å². The fourth-order valence-electron chi connectivity index (χ4n) is 1.80. The molecule has 0 unspecified atom stereocenters. The van der Waals surface area contributed by atoms with Crippen molar-refractivity contribution in [1.82, 2.24) is 0 Å². The molecule has 1 aliphatic heterocycles. The summed E-state index contributed by atoms with van der Waals surface area (Å²) in [6.45, 7) is 4.25. The third kappa shape index (κ3) is 1.48. The van der Waals surface area contributed by atoms with Gasteiger partial charge in [-0.15, -0.1) is 0 Å². The van der Waals surface area contributed by atoms with Gasteiger partial charge in [0.25, 0.3) is 0 Å². The van der Waals surface area contributed by atoms with Crippen LogP contribution in [0.3, 0.4) is 0 Å². The van der Waals surface area contributed by atoms with E-state index in [-0.39, 0.29) is 11.2 Å². The first kappa shape index (κ1) is 10.7. The summed E-state index contributed by atoms with van der Waals surface area (Å²) in [6.07, 6.45) is 0. The minimum Gasteiger partial charge on any atom is -0.357 e. The third-order valence-electron chi connectivity index (χ3n) is 2.86. The minimum atomic E-state index is -0.0991. The molecule has 3 heteroatoms.